The van der Waals surface area contributed by atoms with E-state index in [-0.39, 0.29) is 12.7 Å². The number of fused-ring (bicyclic) bond motifs is 2. The summed E-state index contributed by atoms with van der Waals surface area (Å²) in [5.74, 6) is 2.32. The standard InChI is InChI=1S/C19H16N2O5S/c1-23-13-5-3-11(7-14(13)24-2)4-6-18(22)21-19-20-12-8-15-16(26-10-25-15)9-17(12)27-19/h3-9H,10H2,1-2H3,(H,20,21,22)/b6-4-. The second-order valence-electron chi connectivity index (χ2n) is 5.63. The quantitative estimate of drug-likeness (QED) is 0.676. The number of aromatic nitrogens is 1. The van der Waals surface area contributed by atoms with Crippen molar-refractivity contribution < 1.29 is 23.7 Å². The molecule has 1 aliphatic heterocycles. The molecular weight excluding hydrogens is 368 g/mol. The smallest absolute Gasteiger partial charge is 0.250 e. The fraction of sp³-hybridized carbons (Fsp3) is 0.158. The SMILES string of the molecule is COc1ccc(/C=C\C(=O)Nc2nc3cc4c(cc3s2)OCO4)cc1OC. The minimum absolute atomic E-state index is 0.219. The third-order valence-electron chi connectivity index (χ3n) is 3.95. The van der Waals surface area contributed by atoms with Crippen molar-refractivity contribution in [2.45, 2.75) is 0 Å². The zero-order valence-corrected chi connectivity index (χ0v) is 15.5. The molecule has 1 amide bonds. The highest BCUT2D eigenvalue weighted by Gasteiger charge is 2.16. The van der Waals surface area contributed by atoms with Gasteiger partial charge >= 0.3 is 0 Å². The van der Waals surface area contributed by atoms with Crippen LogP contribution in [0.5, 0.6) is 23.0 Å². The summed E-state index contributed by atoms with van der Waals surface area (Å²) in [4.78, 5) is 16.6. The molecule has 0 unspecified atom stereocenters. The number of hydrogen-bond acceptors (Lipinski definition) is 7. The van der Waals surface area contributed by atoms with Crippen LogP contribution in [0.3, 0.4) is 0 Å². The summed E-state index contributed by atoms with van der Waals surface area (Å²) in [6.45, 7) is 0.219. The third-order valence-corrected chi connectivity index (χ3v) is 4.88. The number of thiazole rings is 1. The van der Waals surface area contributed by atoms with E-state index in [0.717, 1.165) is 15.8 Å². The number of methoxy groups -OCH3 is 2. The van der Waals surface area contributed by atoms with Gasteiger partial charge in [0, 0.05) is 18.2 Å². The summed E-state index contributed by atoms with van der Waals surface area (Å²) in [6.07, 6.45) is 3.14. The molecule has 27 heavy (non-hydrogen) atoms. The average molecular weight is 384 g/mol. The van der Waals surface area contributed by atoms with Crippen molar-refractivity contribution in [3.05, 3.63) is 42.0 Å². The van der Waals surface area contributed by atoms with Crippen molar-refractivity contribution in [1.82, 2.24) is 4.98 Å². The number of nitrogens with zero attached hydrogens (tertiary/aromatic N) is 1. The number of carbonyl (C=O) groups is 1. The Kier molecular flexibility index (Phi) is 4.55. The van der Waals surface area contributed by atoms with Gasteiger partial charge in [0.1, 0.15) is 0 Å². The first-order valence-corrected chi connectivity index (χ1v) is 8.89. The number of rotatable bonds is 5. The van der Waals surface area contributed by atoms with Crippen molar-refractivity contribution in [3.63, 3.8) is 0 Å². The van der Waals surface area contributed by atoms with Crippen LogP contribution in [0.1, 0.15) is 5.56 Å². The minimum atomic E-state index is -0.274. The van der Waals surface area contributed by atoms with Crippen LogP contribution in [-0.4, -0.2) is 31.9 Å². The lowest BCUT2D eigenvalue weighted by Crippen LogP contribution is -2.07. The Balaban J connectivity index is 1.47. The van der Waals surface area contributed by atoms with Crippen molar-refractivity contribution in [2.75, 3.05) is 26.3 Å². The van der Waals surface area contributed by atoms with Crippen LogP contribution < -0.4 is 24.3 Å². The number of nitrogens with one attached hydrogen (secondary N) is 1. The lowest BCUT2D eigenvalue weighted by atomic mass is 10.2. The number of benzene rings is 2. The molecule has 4 rings (SSSR count). The van der Waals surface area contributed by atoms with Crippen molar-refractivity contribution in [3.8, 4) is 23.0 Å². The van der Waals surface area contributed by atoms with Gasteiger partial charge in [0.2, 0.25) is 12.7 Å². The van der Waals surface area contributed by atoms with Crippen molar-refractivity contribution >= 4 is 38.7 Å². The summed E-state index contributed by atoms with van der Waals surface area (Å²) in [6, 6.07) is 9.09. The Bertz CT molecular complexity index is 1000. The Morgan fingerprint density at radius 2 is 1.93 bits per heavy atom. The van der Waals surface area contributed by atoms with Crippen LogP contribution in [0.25, 0.3) is 16.3 Å². The molecule has 0 spiro atoms. The molecule has 3 aromatic rings. The molecule has 1 aromatic heterocycles. The van der Waals surface area contributed by atoms with Gasteiger partial charge in [-0.25, -0.2) is 4.98 Å². The van der Waals surface area contributed by atoms with E-state index in [4.69, 9.17) is 18.9 Å². The van der Waals surface area contributed by atoms with E-state index in [1.165, 1.54) is 17.4 Å². The predicted molar refractivity (Wildman–Crippen MR) is 103 cm³/mol. The molecule has 0 atom stereocenters. The number of anilines is 1. The first-order valence-electron chi connectivity index (χ1n) is 8.07. The van der Waals surface area contributed by atoms with Crippen LogP contribution in [-0.2, 0) is 4.79 Å². The Hall–Kier alpha value is -3.26. The maximum atomic E-state index is 12.2. The van der Waals surface area contributed by atoms with E-state index < -0.39 is 0 Å². The Morgan fingerprint density at radius 1 is 1.15 bits per heavy atom. The lowest BCUT2D eigenvalue weighted by molar-refractivity contribution is -0.111. The first-order chi connectivity index (χ1) is 13.2. The lowest BCUT2D eigenvalue weighted by Gasteiger charge is -2.07. The first kappa shape index (κ1) is 17.2. The monoisotopic (exact) mass is 384 g/mol. The maximum absolute atomic E-state index is 12.2. The van der Waals surface area contributed by atoms with Crippen molar-refractivity contribution in [2.24, 2.45) is 0 Å². The molecule has 2 heterocycles. The Labute approximate surface area is 159 Å². The van der Waals surface area contributed by atoms with Crippen LogP contribution in [0.15, 0.2) is 36.4 Å². The van der Waals surface area contributed by atoms with E-state index in [2.05, 4.69) is 10.3 Å². The molecular formula is C19H16N2O5S. The molecule has 1 N–H and O–H groups in total. The largest absolute Gasteiger partial charge is 0.493 e. The van der Waals surface area contributed by atoms with E-state index in [1.807, 2.05) is 18.2 Å². The molecule has 0 saturated carbocycles. The van der Waals surface area contributed by atoms with Gasteiger partial charge in [-0.3, -0.25) is 10.1 Å². The van der Waals surface area contributed by atoms with Gasteiger partial charge in [-0.1, -0.05) is 17.4 Å². The van der Waals surface area contributed by atoms with E-state index >= 15 is 0 Å². The summed E-state index contributed by atoms with van der Waals surface area (Å²) in [5, 5.41) is 3.28. The van der Waals surface area contributed by atoms with Gasteiger partial charge in [-0.05, 0) is 23.8 Å². The molecule has 0 radical (unpaired) electrons. The fourth-order valence-corrected chi connectivity index (χ4v) is 3.53. The van der Waals surface area contributed by atoms with E-state index in [0.29, 0.717) is 28.1 Å². The second-order valence-corrected chi connectivity index (χ2v) is 6.66. The highest BCUT2D eigenvalue weighted by atomic mass is 32.1. The zero-order chi connectivity index (χ0) is 18.8. The molecule has 1 aliphatic rings. The van der Waals surface area contributed by atoms with Crippen molar-refractivity contribution in [1.29, 1.82) is 0 Å². The fourth-order valence-electron chi connectivity index (χ4n) is 2.65. The van der Waals surface area contributed by atoms with Gasteiger partial charge in [0.15, 0.2) is 28.1 Å². The van der Waals surface area contributed by atoms with Gasteiger partial charge in [-0.15, -0.1) is 0 Å². The average Bonchev–Trinajstić information content (AvgIpc) is 3.29. The van der Waals surface area contributed by atoms with Gasteiger partial charge < -0.3 is 18.9 Å². The summed E-state index contributed by atoms with van der Waals surface area (Å²) in [7, 11) is 3.14. The summed E-state index contributed by atoms with van der Waals surface area (Å²) >= 11 is 1.38. The van der Waals surface area contributed by atoms with Gasteiger partial charge in [0.25, 0.3) is 0 Å². The highest BCUT2D eigenvalue weighted by Crippen LogP contribution is 2.39. The summed E-state index contributed by atoms with van der Waals surface area (Å²) in [5.41, 5.74) is 1.57. The van der Waals surface area contributed by atoms with Gasteiger partial charge in [0.05, 0.1) is 24.4 Å². The number of hydrogen-bond donors (Lipinski definition) is 1. The third kappa shape index (κ3) is 3.52. The number of amides is 1. The second kappa shape index (κ2) is 7.16. The molecule has 0 saturated heterocycles. The summed E-state index contributed by atoms with van der Waals surface area (Å²) < 4.78 is 22.1. The van der Waals surface area contributed by atoms with E-state index in [1.54, 1.807) is 32.4 Å². The molecule has 2 aromatic carbocycles. The number of ether oxygens (including phenoxy) is 4. The number of carbonyl (C=O) groups excluding carboxylic acids is 1. The molecule has 7 nitrogen and oxygen atoms in total. The zero-order valence-electron chi connectivity index (χ0n) is 14.6. The normalized spacial score (nSPS) is 12.5. The van der Waals surface area contributed by atoms with Crippen LogP contribution in [0.2, 0.25) is 0 Å². The molecule has 0 fully saturated rings. The molecule has 8 heteroatoms. The minimum Gasteiger partial charge on any atom is -0.493 e. The topological polar surface area (TPSA) is 78.9 Å². The van der Waals surface area contributed by atoms with Gasteiger partial charge in [-0.2, -0.15) is 0 Å². The molecule has 138 valence electrons. The predicted octanol–water partition coefficient (Wildman–Crippen LogP) is 3.69. The maximum Gasteiger partial charge on any atom is 0.250 e. The van der Waals surface area contributed by atoms with Crippen LogP contribution >= 0.6 is 11.3 Å². The van der Waals surface area contributed by atoms with E-state index in [9.17, 15) is 4.79 Å². The Morgan fingerprint density at radius 3 is 2.70 bits per heavy atom. The molecule has 0 aliphatic carbocycles. The highest BCUT2D eigenvalue weighted by molar-refractivity contribution is 7.22. The van der Waals surface area contributed by atoms with Crippen LogP contribution in [0.4, 0.5) is 5.13 Å². The molecule has 0 bridgehead atoms. The van der Waals surface area contributed by atoms with Crippen LogP contribution in [0, 0.1) is 0 Å².